The minimum absolute atomic E-state index is 0.0933. The van der Waals surface area contributed by atoms with E-state index in [9.17, 15) is 4.79 Å². The molecule has 0 bridgehead atoms. The summed E-state index contributed by atoms with van der Waals surface area (Å²) in [6.45, 7) is 1.07. The molecule has 2 rings (SSSR count). The smallest absolute Gasteiger partial charge is 0.251 e. The van der Waals surface area contributed by atoms with E-state index in [1.54, 1.807) is 0 Å². The Morgan fingerprint density at radius 2 is 1.85 bits per heavy atom. The summed E-state index contributed by atoms with van der Waals surface area (Å²) in [6, 6.07) is 14.9. The van der Waals surface area contributed by atoms with Crippen molar-refractivity contribution in [3.63, 3.8) is 0 Å². The highest BCUT2D eigenvalue weighted by atomic mass is 35.5. The zero-order chi connectivity index (χ0) is 14.4. The van der Waals surface area contributed by atoms with Gasteiger partial charge in [0.05, 0.1) is 0 Å². The summed E-state index contributed by atoms with van der Waals surface area (Å²) in [7, 11) is 0. The molecule has 0 heterocycles. The van der Waals surface area contributed by atoms with Crippen molar-refractivity contribution in [3.8, 4) is 0 Å². The van der Waals surface area contributed by atoms with Gasteiger partial charge in [0.1, 0.15) is 0 Å². The Bertz CT molecular complexity index is 581. The summed E-state index contributed by atoms with van der Waals surface area (Å²) in [5.74, 6) is -0.0933. The maximum Gasteiger partial charge on any atom is 0.251 e. The van der Waals surface area contributed by atoms with Crippen LogP contribution in [-0.4, -0.2) is 12.5 Å². The first kappa shape index (κ1) is 14.6. The maximum atomic E-state index is 12.0. The lowest BCUT2D eigenvalue weighted by Gasteiger charge is -2.06. The second-order valence-corrected chi connectivity index (χ2v) is 4.98. The first-order valence-electron chi connectivity index (χ1n) is 6.50. The van der Waals surface area contributed by atoms with E-state index in [0.717, 1.165) is 17.5 Å². The average Bonchev–Trinajstić information content (AvgIpc) is 2.46. The SMILES string of the molecule is NCCc1ccc(C(=O)NCc2cccc(Cl)c2)cc1. The quantitative estimate of drug-likeness (QED) is 0.889. The summed E-state index contributed by atoms with van der Waals surface area (Å²) in [4.78, 5) is 12.0. The topological polar surface area (TPSA) is 55.1 Å². The number of nitrogens with one attached hydrogen (secondary N) is 1. The molecule has 4 heteroatoms. The van der Waals surface area contributed by atoms with E-state index >= 15 is 0 Å². The highest BCUT2D eigenvalue weighted by Crippen LogP contribution is 2.11. The van der Waals surface area contributed by atoms with Crippen LogP contribution in [0.4, 0.5) is 0 Å². The fraction of sp³-hybridized carbons (Fsp3) is 0.188. The lowest BCUT2D eigenvalue weighted by molar-refractivity contribution is 0.0951. The number of carbonyl (C=O) groups is 1. The van der Waals surface area contributed by atoms with Gasteiger partial charge in [0.2, 0.25) is 0 Å². The summed E-state index contributed by atoms with van der Waals surface area (Å²) in [6.07, 6.45) is 0.824. The average molecular weight is 289 g/mol. The standard InChI is InChI=1S/C16H17ClN2O/c17-15-3-1-2-13(10-15)11-19-16(20)14-6-4-12(5-7-14)8-9-18/h1-7,10H,8-9,11,18H2,(H,19,20). The van der Waals surface area contributed by atoms with E-state index < -0.39 is 0 Å². The molecular weight excluding hydrogens is 272 g/mol. The van der Waals surface area contributed by atoms with Gasteiger partial charge in [-0.05, 0) is 48.4 Å². The third kappa shape index (κ3) is 4.08. The molecule has 0 atom stereocenters. The van der Waals surface area contributed by atoms with Crippen molar-refractivity contribution < 1.29 is 4.79 Å². The van der Waals surface area contributed by atoms with Crippen molar-refractivity contribution in [2.24, 2.45) is 5.73 Å². The van der Waals surface area contributed by atoms with Crippen molar-refractivity contribution >= 4 is 17.5 Å². The number of hydrogen-bond acceptors (Lipinski definition) is 2. The van der Waals surface area contributed by atoms with Crippen LogP contribution in [0.2, 0.25) is 5.02 Å². The number of carbonyl (C=O) groups excluding carboxylic acids is 1. The van der Waals surface area contributed by atoms with Crippen LogP contribution in [-0.2, 0) is 13.0 Å². The van der Waals surface area contributed by atoms with Gasteiger partial charge < -0.3 is 11.1 Å². The second-order valence-electron chi connectivity index (χ2n) is 4.55. The number of hydrogen-bond donors (Lipinski definition) is 2. The molecule has 20 heavy (non-hydrogen) atoms. The summed E-state index contributed by atoms with van der Waals surface area (Å²) < 4.78 is 0. The molecule has 0 aromatic heterocycles. The Hall–Kier alpha value is -1.84. The van der Waals surface area contributed by atoms with Gasteiger partial charge in [-0.1, -0.05) is 35.9 Å². The fourth-order valence-electron chi connectivity index (χ4n) is 1.92. The van der Waals surface area contributed by atoms with Crippen LogP contribution in [0, 0.1) is 0 Å². The molecule has 0 aliphatic heterocycles. The largest absolute Gasteiger partial charge is 0.348 e. The third-order valence-electron chi connectivity index (χ3n) is 2.99. The zero-order valence-corrected chi connectivity index (χ0v) is 11.9. The molecule has 0 aliphatic rings. The van der Waals surface area contributed by atoms with Crippen LogP contribution in [0.25, 0.3) is 0 Å². The number of halogens is 1. The highest BCUT2D eigenvalue weighted by Gasteiger charge is 2.05. The lowest BCUT2D eigenvalue weighted by atomic mass is 10.1. The van der Waals surface area contributed by atoms with Gasteiger partial charge in [0, 0.05) is 17.1 Å². The van der Waals surface area contributed by atoms with Gasteiger partial charge in [0.15, 0.2) is 0 Å². The molecule has 2 aromatic carbocycles. The van der Waals surface area contributed by atoms with Crippen LogP contribution in [0.5, 0.6) is 0 Å². The molecule has 0 unspecified atom stereocenters. The Morgan fingerprint density at radius 3 is 2.50 bits per heavy atom. The van der Waals surface area contributed by atoms with Crippen LogP contribution >= 0.6 is 11.6 Å². The first-order chi connectivity index (χ1) is 9.69. The fourth-order valence-corrected chi connectivity index (χ4v) is 2.13. The Morgan fingerprint density at radius 1 is 1.10 bits per heavy atom. The number of rotatable bonds is 5. The molecule has 3 nitrogen and oxygen atoms in total. The molecule has 3 N–H and O–H groups in total. The first-order valence-corrected chi connectivity index (χ1v) is 6.88. The summed E-state index contributed by atoms with van der Waals surface area (Å²) in [5.41, 5.74) is 8.25. The van der Waals surface area contributed by atoms with Gasteiger partial charge in [-0.2, -0.15) is 0 Å². The molecule has 0 aliphatic carbocycles. The maximum absolute atomic E-state index is 12.0. The predicted molar refractivity (Wildman–Crippen MR) is 81.8 cm³/mol. The van der Waals surface area contributed by atoms with E-state index in [-0.39, 0.29) is 5.91 Å². The zero-order valence-electron chi connectivity index (χ0n) is 11.1. The van der Waals surface area contributed by atoms with Crippen molar-refractivity contribution in [3.05, 3.63) is 70.2 Å². The van der Waals surface area contributed by atoms with Gasteiger partial charge in [-0.25, -0.2) is 0 Å². The van der Waals surface area contributed by atoms with Crippen LogP contribution in [0.15, 0.2) is 48.5 Å². The number of benzene rings is 2. The Kier molecular flexibility index (Phi) is 5.16. The van der Waals surface area contributed by atoms with Crippen LogP contribution in [0.1, 0.15) is 21.5 Å². The van der Waals surface area contributed by atoms with E-state index in [0.29, 0.717) is 23.7 Å². The van der Waals surface area contributed by atoms with Gasteiger partial charge in [0.25, 0.3) is 5.91 Å². The molecule has 2 aromatic rings. The monoisotopic (exact) mass is 288 g/mol. The minimum atomic E-state index is -0.0933. The predicted octanol–water partition coefficient (Wildman–Crippen LogP) is 2.77. The molecule has 0 fully saturated rings. The molecule has 0 radical (unpaired) electrons. The van der Waals surface area contributed by atoms with E-state index in [4.69, 9.17) is 17.3 Å². The highest BCUT2D eigenvalue weighted by molar-refractivity contribution is 6.30. The van der Waals surface area contributed by atoms with Gasteiger partial charge in [-0.3, -0.25) is 4.79 Å². The molecular formula is C16H17ClN2O. The van der Waals surface area contributed by atoms with Crippen molar-refractivity contribution in [2.75, 3.05) is 6.54 Å². The summed E-state index contributed by atoms with van der Waals surface area (Å²) >= 11 is 5.90. The third-order valence-corrected chi connectivity index (χ3v) is 3.23. The Balaban J connectivity index is 1.94. The van der Waals surface area contributed by atoms with Crippen LogP contribution < -0.4 is 11.1 Å². The Labute approximate surface area is 123 Å². The van der Waals surface area contributed by atoms with Gasteiger partial charge >= 0.3 is 0 Å². The second kappa shape index (κ2) is 7.08. The van der Waals surface area contributed by atoms with Gasteiger partial charge in [-0.15, -0.1) is 0 Å². The van der Waals surface area contributed by atoms with Crippen molar-refractivity contribution in [2.45, 2.75) is 13.0 Å². The summed E-state index contributed by atoms with van der Waals surface area (Å²) in [5, 5.41) is 3.54. The lowest BCUT2D eigenvalue weighted by Crippen LogP contribution is -2.22. The van der Waals surface area contributed by atoms with Crippen molar-refractivity contribution in [1.82, 2.24) is 5.32 Å². The number of nitrogens with two attached hydrogens (primary N) is 1. The molecule has 0 saturated heterocycles. The molecule has 0 spiro atoms. The normalized spacial score (nSPS) is 10.3. The number of amides is 1. The molecule has 0 saturated carbocycles. The minimum Gasteiger partial charge on any atom is -0.348 e. The molecule has 104 valence electrons. The van der Waals surface area contributed by atoms with E-state index in [1.165, 1.54) is 0 Å². The van der Waals surface area contributed by atoms with Crippen LogP contribution in [0.3, 0.4) is 0 Å². The molecule has 1 amide bonds. The van der Waals surface area contributed by atoms with Crippen molar-refractivity contribution in [1.29, 1.82) is 0 Å². The van der Waals surface area contributed by atoms with E-state index in [1.807, 2.05) is 48.5 Å². The van der Waals surface area contributed by atoms with E-state index in [2.05, 4.69) is 5.32 Å².